The highest BCUT2D eigenvalue weighted by molar-refractivity contribution is 5.04. The van der Waals surface area contributed by atoms with Crippen molar-refractivity contribution >= 4 is 0 Å². The van der Waals surface area contributed by atoms with Gasteiger partial charge in [0.15, 0.2) is 0 Å². The van der Waals surface area contributed by atoms with Gasteiger partial charge in [-0.05, 0) is 18.6 Å². The third-order valence-corrected chi connectivity index (χ3v) is 4.12. The molecule has 118 valence electrons. The van der Waals surface area contributed by atoms with Gasteiger partial charge < -0.3 is 20.1 Å². The smallest absolute Gasteiger partial charge is 0.109 e. The van der Waals surface area contributed by atoms with Gasteiger partial charge in [-0.15, -0.1) is 0 Å². The normalized spacial score (nSPS) is 30.5. The van der Waals surface area contributed by atoms with Crippen LogP contribution in [0.5, 0.6) is 0 Å². The molecule has 0 bridgehead atoms. The quantitative estimate of drug-likeness (QED) is 0.652. The van der Waals surface area contributed by atoms with Crippen molar-refractivity contribution in [1.29, 1.82) is 0 Å². The Bertz CT molecular complexity index is 417. The highest BCUT2D eigenvalue weighted by Crippen LogP contribution is 2.23. The van der Waals surface area contributed by atoms with E-state index < -0.39 is 18.3 Å². The van der Waals surface area contributed by atoms with Crippen molar-refractivity contribution in [2.75, 3.05) is 26.8 Å². The zero-order valence-corrected chi connectivity index (χ0v) is 12.3. The third-order valence-electron chi connectivity index (χ3n) is 4.12. The van der Waals surface area contributed by atoms with Crippen molar-refractivity contribution in [2.24, 2.45) is 0 Å². The lowest BCUT2D eigenvalue weighted by molar-refractivity contribution is -0.149. The first kappa shape index (κ1) is 16.3. The molecule has 3 N–H and O–H groups in total. The number of aliphatic hydroxyl groups excluding tert-OH is 3. The maximum atomic E-state index is 10.2. The van der Waals surface area contributed by atoms with Gasteiger partial charge in [0.25, 0.3) is 0 Å². The van der Waals surface area contributed by atoms with E-state index in [0.717, 1.165) is 12.1 Å². The molecule has 1 aromatic heterocycles. The second kappa shape index (κ2) is 7.82. The minimum atomic E-state index is -0.919. The summed E-state index contributed by atoms with van der Waals surface area (Å²) in [6.07, 6.45) is 0.683. The number of pyridine rings is 1. The zero-order valence-electron chi connectivity index (χ0n) is 12.3. The van der Waals surface area contributed by atoms with Crippen LogP contribution in [0.25, 0.3) is 0 Å². The van der Waals surface area contributed by atoms with Crippen molar-refractivity contribution < 1.29 is 20.1 Å². The van der Waals surface area contributed by atoms with Gasteiger partial charge in [0.05, 0.1) is 12.2 Å². The molecule has 0 aromatic carbocycles. The number of ether oxygens (including phenoxy) is 1. The summed E-state index contributed by atoms with van der Waals surface area (Å²) in [5, 5.41) is 29.5. The van der Waals surface area contributed by atoms with E-state index >= 15 is 0 Å². The van der Waals surface area contributed by atoms with Gasteiger partial charge in [-0.3, -0.25) is 9.88 Å². The number of aromatic nitrogens is 1. The Kier molecular flexibility index (Phi) is 6.08. The Hall–Kier alpha value is -1.05. The molecule has 0 saturated carbocycles. The van der Waals surface area contributed by atoms with Crippen LogP contribution in [0, 0.1) is 0 Å². The van der Waals surface area contributed by atoms with Crippen molar-refractivity contribution in [3.8, 4) is 0 Å². The number of piperidine rings is 1. The van der Waals surface area contributed by atoms with Gasteiger partial charge in [-0.2, -0.15) is 0 Å². The minimum Gasteiger partial charge on any atom is -0.396 e. The first-order chi connectivity index (χ1) is 10.2. The molecular formula is C15H24N2O4. The van der Waals surface area contributed by atoms with Gasteiger partial charge in [-0.25, -0.2) is 0 Å². The van der Waals surface area contributed by atoms with Crippen LogP contribution in [-0.2, 0) is 11.2 Å². The maximum Gasteiger partial charge on any atom is 0.109 e. The second-order valence-corrected chi connectivity index (χ2v) is 5.40. The van der Waals surface area contributed by atoms with Crippen LogP contribution in [-0.4, -0.2) is 76.4 Å². The molecule has 4 atom stereocenters. The average molecular weight is 296 g/mol. The molecule has 1 aliphatic rings. The molecule has 0 amide bonds. The molecule has 21 heavy (non-hydrogen) atoms. The van der Waals surface area contributed by atoms with E-state index in [1.165, 1.54) is 7.11 Å². The second-order valence-electron chi connectivity index (χ2n) is 5.40. The molecule has 2 heterocycles. The fourth-order valence-electron chi connectivity index (χ4n) is 2.90. The molecule has 6 nitrogen and oxygen atoms in total. The Labute approximate surface area is 125 Å². The van der Waals surface area contributed by atoms with E-state index in [1.807, 2.05) is 18.2 Å². The first-order valence-corrected chi connectivity index (χ1v) is 7.31. The molecule has 1 aliphatic heterocycles. The summed E-state index contributed by atoms with van der Waals surface area (Å²) in [4.78, 5) is 6.35. The summed E-state index contributed by atoms with van der Waals surface area (Å²) in [5.74, 6) is 0. The standard InChI is InChI=1S/C15H24N2O4/c1-21-13-10-17(8-5-11-4-2-3-7-16-11)12(6-9-18)14(19)15(13)20/h2-4,7,12-15,18-20H,5-6,8-10H2,1H3/t12-,13+,14-,15-/m1/s1. The van der Waals surface area contributed by atoms with E-state index in [-0.39, 0.29) is 12.6 Å². The Balaban J connectivity index is 2.02. The average Bonchev–Trinajstić information content (AvgIpc) is 2.52. The van der Waals surface area contributed by atoms with Crippen LogP contribution < -0.4 is 0 Å². The number of rotatable bonds is 6. The number of nitrogens with zero attached hydrogens (tertiary/aromatic N) is 2. The van der Waals surface area contributed by atoms with E-state index in [2.05, 4.69) is 9.88 Å². The number of methoxy groups -OCH3 is 1. The van der Waals surface area contributed by atoms with Crippen LogP contribution in [0.1, 0.15) is 12.1 Å². The summed E-state index contributed by atoms with van der Waals surface area (Å²) in [5.41, 5.74) is 0.981. The molecule has 1 saturated heterocycles. The molecule has 0 radical (unpaired) electrons. The fourth-order valence-corrected chi connectivity index (χ4v) is 2.90. The van der Waals surface area contributed by atoms with Crippen molar-refractivity contribution in [2.45, 2.75) is 37.2 Å². The summed E-state index contributed by atoms with van der Waals surface area (Å²) >= 11 is 0. The van der Waals surface area contributed by atoms with Crippen LogP contribution in [0.3, 0.4) is 0 Å². The number of hydrogen-bond donors (Lipinski definition) is 3. The first-order valence-electron chi connectivity index (χ1n) is 7.31. The third kappa shape index (κ3) is 3.99. The SMILES string of the molecule is CO[C@H]1CN(CCc2ccccn2)[C@H](CCO)[C@@H](O)[C@@H]1O. The number of likely N-dealkylation sites (tertiary alicyclic amines) is 1. The molecule has 0 unspecified atom stereocenters. The lowest BCUT2D eigenvalue weighted by Crippen LogP contribution is -2.62. The van der Waals surface area contributed by atoms with Gasteiger partial charge in [0, 0.05) is 51.2 Å². The molecule has 1 fully saturated rings. The van der Waals surface area contributed by atoms with E-state index in [1.54, 1.807) is 6.20 Å². The Morgan fingerprint density at radius 2 is 2.14 bits per heavy atom. The summed E-state index contributed by atoms with van der Waals surface area (Å²) in [6.45, 7) is 1.21. The Morgan fingerprint density at radius 3 is 2.76 bits per heavy atom. The van der Waals surface area contributed by atoms with E-state index in [4.69, 9.17) is 4.74 Å². The molecule has 1 aromatic rings. The topological polar surface area (TPSA) is 86.1 Å². The largest absolute Gasteiger partial charge is 0.396 e. The van der Waals surface area contributed by atoms with E-state index in [9.17, 15) is 15.3 Å². The van der Waals surface area contributed by atoms with Crippen molar-refractivity contribution in [3.05, 3.63) is 30.1 Å². The Morgan fingerprint density at radius 1 is 1.33 bits per heavy atom. The van der Waals surface area contributed by atoms with Gasteiger partial charge in [0.1, 0.15) is 6.10 Å². The molecular weight excluding hydrogens is 272 g/mol. The van der Waals surface area contributed by atoms with E-state index in [0.29, 0.717) is 19.5 Å². The highest BCUT2D eigenvalue weighted by Gasteiger charge is 2.41. The van der Waals surface area contributed by atoms with Gasteiger partial charge in [0.2, 0.25) is 0 Å². The predicted octanol–water partition coefficient (Wildman–Crippen LogP) is -0.572. The highest BCUT2D eigenvalue weighted by atomic mass is 16.5. The zero-order chi connectivity index (χ0) is 15.2. The summed E-state index contributed by atoms with van der Waals surface area (Å²) in [6, 6.07) is 5.52. The summed E-state index contributed by atoms with van der Waals surface area (Å²) < 4.78 is 5.25. The monoisotopic (exact) mass is 296 g/mol. The molecule has 2 rings (SSSR count). The van der Waals surface area contributed by atoms with Crippen molar-refractivity contribution in [3.63, 3.8) is 0 Å². The van der Waals surface area contributed by atoms with Gasteiger partial charge >= 0.3 is 0 Å². The van der Waals surface area contributed by atoms with Gasteiger partial charge in [-0.1, -0.05) is 6.07 Å². The van der Waals surface area contributed by atoms with Crippen molar-refractivity contribution in [1.82, 2.24) is 9.88 Å². The predicted molar refractivity (Wildman–Crippen MR) is 77.8 cm³/mol. The molecule has 6 heteroatoms. The summed E-state index contributed by atoms with van der Waals surface area (Å²) in [7, 11) is 1.53. The lowest BCUT2D eigenvalue weighted by Gasteiger charge is -2.45. The van der Waals surface area contributed by atoms with Crippen LogP contribution in [0.4, 0.5) is 0 Å². The maximum absolute atomic E-state index is 10.2. The fraction of sp³-hybridized carbons (Fsp3) is 0.667. The number of aliphatic hydroxyl groups is 3. The van der Waals surface area contributed by atoms with Crippen LogP contribution >= 0.6 is 0 Å². The van der Waals surface area contributed by atoms with Crippen LogP contribution in [0.2, 0.25) is 0 Å². The number of hydrogen-bond acceptors (Lipinski definition) is 6. The molecule has 0 aliphatic carbocycles. The molecule has 0 spiro atoms. The van der Waals surface area contributed by atoms with Crippen LogP contribution in [0.15, 0.2) is 24.4 Å². The lowest BCUT2D eigenvalue weighted by atomic mass is 9.91. The minimum absolute atomic E-state index is 0.0216.